The smallest absolute Gasteiger partial charge is 0.127 e. The molecule has 5 heteroatoms. The van der Waals surface area contributed by atoms with Crippen LogP contribution in [-0.4, -0.2) is 45.3 Å². The van der Waals surface area contributed by atoms with E-state index in [9.17, 15) is 0 Å². The number of ether oxygens (including phenoxy) is 2. The van der Waals surface area contributed by atoms with Crippen LogP contribution in [0.2, 0.25) is 0 Å². The molecule has 0 amide bonds. The molecular weight excluding hydrogens is 320 g/mol. The molecule has 4 nitrogen and oxygen atoms in total. The van der Waals surface area contributed by atoms with E-state index >= 15 is 0 Å². The lowest BCUT2D eigenvalue weighted by Gasteiger charge is -2.35. The van der Waals surface area contributed by atoms with Gasteiger partial charge in [-0.3, -0.25) is 4.90 Å². The Hall–Kier alpha value is -1.56. The van der Waals surface area contributed by atoms with Crippen molar-refractivity contribution in [3.05, 3.63) is 45.6 Å². The third-order valence-electron chi connectivity index (χ3n) is 4.56. The van der Waals surface area contributed by atoms with E-state index in [2.05, 4.69) is 29.3 Å². The van der Waals surface area contributed by atoms with Crippen molar-refractivity contribution < 1.29 is 9.47 Å². The van der Waals surface area contributed by atoms with Gasteiger partial charge in [-0.05, 0) is 30.7 Å². The molecule has 2 heterocycles. The molecule has 0 bridgehead atoms. The molecule has 0 spiro atoms. The van der Waals surface area contributed by atoms with Crippen molar-refractivity contribution in [1.29, 1.82) is 0 Å². The second-order valence-electron chi connectivity index (χ2n) is 5.92. The molecule has 1 atom stereocenters. The second kappa shape index (κ2) is 8.01. The van der Waals surface area contributed by atoms with Crippen LogP contribution in [-0.2, 0) is 6.42 Å². The van der Waals surface area contributed by atoms with Gasteiger partial charge in [-0.15, -0.1) is 11.3 Å². The van der Waals surface area contributed by atoms with Crippen molar-refractivity contribution in [2.75, 3.05) is 40.4 Å². The molecule has 0 saturated carbocycles. The summed E-state index contributed by atoms with van der Waals surface area (Å²) in [4.78, 5) is 5.30. The monoisotopic (exact) mass is 346 g/mol. The minimum atomic E-state index is 0.170. The lowest BCUT2D eigenvalue weighted by Crippen LogP contribution is -2.45. The number of nitrogens with zero attached hydrogens (tertiary/aromatic N) is 1. The average Bonchev–Trinajstić information content (AvgIpc) is 3.11. The zero-order valence-electron chi connectivity index (χ0n) is 14.7. The highest BCUT2D eigenvalue weighted by Crippen LogP contribution is 2.43. The lowest BCUT2D eigenvalue weighted by molar-refractivity contribution is 0.194. The second-order valence-corrected chi connectivity index (χ2v) is 7.12. The number of hydrogen-bond acceptors (Lipinski definition) is 5. The van der Waals surface area contributed by atoms with Crippen LogP contribution in [0, 0.1) is 0 Å². The summed E-state index contributed by atoms with van der Waals surface area (Å²) in [5.41, 5.74) is 1.13. The highest BCUT2D eigenvalue weighted by atomic mass is 32.1. The fourth-order valence-corrected chi connectivity index (χ4v) is 4.42. The molecule has 1 aliphatic rings. The summed E-state index contributed by atoms with van der Waals surface area (Å²) in [6.45, 7) is 6.27. The van der Waals surface area contributed by atoms with Crippen LogP contribution in [0.1, 0.15) is 28.3 Å². The predicted octanol–water partition coefficient (Wildman–Crippen LogP) is 3.32. The Morgan fingerprint density at radius 3 is 2.29 bits per heavy atom. The quantitative estimate of drug-likeness (QED) is 0.870. The van der Waals surface area contributed by atoms with Gasteiger partial charge >= 0.3 is 0 Å². The standard InChI is InChI=1S/C19H26N2O2S/c1-4-14-8-9-17(24-14)19(21-12-10-20-11-13-21)18-15(22-2)6-5-7-16(18)23-3/h5-9,19-20H,4,10-13H2,1-3H3. The van der Waals surface area contributed by atoms with E-state index in [1.54, 1.807) is 14.2 Å². The van der Waals surface area contributed by atoms with E-state index in [1.807, 2.05) is 29.5 Å². The van der Waals surface area contributed by atoms with Crippen molar-refractivity contribution in [2.24, 2.45) is 0 Å². The molecule has 130 valence electrons. The first-order valence-corrected chi connectivity index (χ1v) is 9.34. The Morgan fingerprint density at radius 2 is 1.75 bits per heavy atom. The van der Waals surface area contributed by atoms with Crippen LogP contribution < -0.4 is 14.8 Å². The number of methoxy groups -OCH3 is 2. The number of nitrogens with one attached hydrogen (secondary N) is 1. The van der Waals surface area contributed by atoms with E-state index < -0.39 is 0 Å². The van der Waals surface area contributed by atoms with Gasteiger partial charge in [0.1, 0.15) is 11.5 Å². The highest BCUT2D eigenvalue weighted by Gasteiger charge is 2.30. The largest absolute Gasteiger partial charge is 0.496 e. The van der Waals surface area contributed by atoms with E-state index in [4.69, 9.17) is 9.47 Å². The molecule has 2 aromatic rings. The van der Waals surface area contributed by atoms with Crippen LogP contribution >= 0.6 is 11.3 Å². The Kier molecular flexibility index (Phi) is 5.76. The van der Waals surface area contributed by atoms with E-state index in [1.165, 1.54) is 9.75 Å². The number of benzene rings is 1. The van der Waals surface area contributed by atoms with Crippen LogP contribution in [0.5, 0.6) is 11.5 Å². The number of piperazine rings is 1. The van der Waals surface area contributed by atoms with Crippen LogP contribution in [0.3, 0.4) is 0 Å². The summed E-state index contributed by atoms with van der Waals surface area (Å²) in [5.74, 6) is 1.79. The summed E-state index contributed by atoms with van der Waals surface area (Å²) >= 11 is 1.89. The van der Waals surface area contributed by atoms with Crippen molar-refractivity contribution >= 4 is 11.3 Å². The van der Waals surface area contributed by atoms with Gasteiger partial charge in [-0.1, -0.05) is 13.0 Å². The summed E-state index contributed by atoms with van der Waals surface area (Å²) < 4.78 is 11.4. The third kappa shape index (κ3) is 3.43. The topological polar surface area (TPSA) is 33.7 Å². The van der Waals surface area contributed by atoms with Gasteiger partial charge in [0.2, 0.25) is 0 Å². The van der Waals surface area contributed by atoms with Gasteiger partial charge in [0.25, 0.3) is 0 Å². The van der Waals surface area contributed by atoms with Gasteiger partial charge in [-0.2, -0.15) is 0 Å². The van der Waals surface area contributed by atoms with Crippen molar-refractivity contribution in [2.45, 2.75) is 19.4 Å². The minimum absolute atomic E-state index is 0.170. The van der Waals surface area contributed by atoms with Crippen LogP contribution in [0.4, 0.5) is 0 Å². The summed E-state index contributed by atoms with van der Waals surface area (Å²) in [5, 5.41) is 3.45. The van der Waals surface area contributed by atoms with Crippen LogP contribution in [0.15, 0.2) is 30.3 Å². The molecule has 1 fully saturated rings. The molecule has 3 rings (SSSR count). The third-order valence-corrected chi connectivity index (χ3v) is 5.84. The first-order valence-electron chi connectivity index (χ1n) is 8.52. The molecule has 1 aliphatic heterocycles. The number of thiophene rings is 1. The van der Waals surface area contributed by atoms with E-state index in [0.29, 0.717) is 0 Å². The van der Waals surface area contributed by atoms with Gasteiger partial charge in [0.05, 0.1) is 25.8 Å². The first kappa shape index (κ1) is 17.3. The summed E-state index contributed by atoms with van der Waals surface area (Å²) in [7, 11) is 3.47. The minimum Gasteiger partial charge on any atom is -0.496 e. The maximum Gasteiger partial charge on any atom is 0.127 e. The van der Waals surface area contributed by atoms with Gasteiger partial charge in [0.15, 0.2) is 0 Å². The maximum atomic E-state index is 5.70. The Bertz CT molecular complexity index is 643. The summed E-state index contributed by atoms with van der Waals surface area (Å²) in [6.07, 6.45) is 1.07. The summed E-state index contributed by atoms with van der Waals surface area (Å²) in [6, 6.07) is 10.7. The van der Waals surface area contributed by atoms with Gasteiger partial charge < -0.3 is 14.8 Å². The maximum absolute atomic E-state index is 5.70. The zero-order valence-corrected chi connectivity index (χ0v) is 15.5. The van der Waals surface area contributed by atoms with Gasteiger partial charge in [-0.25, -0.2) is 0 Å². The normalized spacial score (nSPS) is 16.8. The fourth-order valence-electron chi connectivity index (χ4n) is 3.33. The SMILES string of the molecule is CCc1ccc(C(c2c(OC)cccc2OC)N2CCNCC2)s1. The van der Waals surface area contributed by atoms with Crippen molar-refractivity contribution in [3.8, 4) is 11.5 Å². The molecule has 1 N–H and O–H groups in total. The average molecular weight is 346 g/mol. The Morgan fingerprint density at radius 1 is 1.08 bits per heavy atom. The van der Waals surface area contributed by atoms with E-state index in [-0.39, 0.29) is 6.04 Å². The zero-order chi connectivity index (χ0) is 16.9. The molecule has 1 aromatic heterocycles. The van der Waals surface area contributed by atoms with Crippen molar-refractivity contribution in [1.82, 2.24) is 10.2 Å². The van der Waals surface area contributed by atoms with Gasteiger partial charge in [0, 0.05) is 35.9 Å². The first-order chi connectivity index (χ1) is 11.8. The molecule has 1 unspecified atom stereocenters. The molecule has 0 aliphatic carbocycles. The number of hydrogen-bond donors (Lipinski definition) is 1. The Labute approximate surface area is 148 Å². The number of aryl methyl sites for hydroxylation is 1. The van der Waals surface area contributed by atoms with Crippen molar-refractivity contribution in [3.63, 3.8) is 0 Å². The fraction of sp³-hybridized carbons (Fsp3) is 0.474. The van der Waals surface area contributed by atoms with E-state index in [0.717, 1.165) is 49.7 Å². The molecule has 1 saturated heterocycles. The Balaban J connectivity index is 2.10. The number of rotatable bonds is 6. The van der Waals surface area contributed by atoms with Crippen LogP contribution in [0.25, 0.3) is 0 Å². The highest BCUT2D eigenvalue weighted by molar-refractivity contribution is 7.12. The molecule has 24 heavy (non-hydrogen) atoms. The lowest BCUT2D eigenvalue weighted by atomic mass is 10.00. The molecule has 1 aromatic carbocycles. The molecular formula is C19H26N2O2S. The predicted molar refractivity (Wildman–Crippen MR) is 99.5 cm³/mol. The molecule has 0 radical (unpaired) electrons.